The minimum absolute atomic E-state index is 0.263. The van der Waals surface area contributed by atoms with Gasteiger partial charge in [-0.15, -0.1) is 0 Å². The highest BCUT2D eigenvalue weighted by atomic mass is 79.9. The molecule has 0 spiro atoms. The monoisotopic (exact) mass is 321 g/mol. The Hall–Kier alpha value is -1.88. The number of ether oxygens (including phenoxy) is 3. The van der Waals surface area contributed by atoms with Gasteiger partial charge in [0.05, 0.1) is 0 Å². The van der Waals surface area contributed by atoms with E-state index in [-0.39, 0.29) is 6.79 Å². The molecule has 0 aliphatic carbocycles. The van der Waals surface area contributed by atoms with Crippen molar-refractivity contribution in [3.05, 3.63) is 46.4 Å². The predicted octanol–water partition coefficient (Wildman–Crippen LogP) is 3.34. The van der Waals surface area contributed by atoms with E-state index in [0.29, 0.717) is 18.0 Å². The Morgan fingerprint density at radius 2 is 2.00 bits per heavy atom. The molecule has 2 N–H and O–H groups in total. The highest BCUT2D eigenvalue weighted by molar-refractivity contribution is 9.10. The summed E-state index contributed by atoms with van der Waals surface area (Å²) < 4.78 is 17.2. The van der Waals surface area contributed by atoms with E-state index >= 15 is 0 Å². The maximum atomic E-state index is 5.82. The van der Waals surface area contributed by atoms with Crippen molar-refractivity contribution in [2.45, 2.75) is 6.61 Å². The van der Waals surface area contributed by atoms with Crippen molar-refractivity contribution in [1.82, 2.24) is 0 Å². The molecule has 98 valence electrons. The van der Waals surface area contributed by atoms with Gasteiger partial charge < -0.3 is 19.9 Å². The van der Waals surface area contributed by atoms with Crippen molar-refractivity contribution >= 4 is 21.6 Å². The third-order valence-corrected chi connectivity index (χ3v) is 3.81. The van der Waals surface area contributed by atoms with Crippen LogP contribution in [0.4, 0.5) is 5.69 Å². The second kappa shape index (κ2) is 5.01. The molecule has 0 aromatic heterocycles. The molecule has 1 aliphatic heterocycles. The van der Waals surface area contributed by atoms with Crippen molar-refractivity contribution in [2.24, 2.45) is 0 Å². The summed E-state index contributed by atoms with van der Waals surface area (Å²) in [6.07, 6.45) is 0. The average Bonchev–Trinajstić information content (AvgIpc) is 2.88. The van der Waals surface area contributed by atoms with Crippen molar-refractivity contribution in [1.29, 1.82) is 0 Å². The lowest BCUT2D eigenvalue weighted by Gasteiger charge is -2.09. The summed E-state index contributed by atoms with van der Waals surface area (Å²) in [5.74, 6) is 2.19. The molecule has 2 aromatic rings. The molecule has 2 aromatic carbocycles. The Morgan fingerprint density at radius 1 is 1.16 bits per heavy atom. The molecule has 0 fully saturated rings. The molecule has 1 heterocycles. The average molecular weight is 322 g/mol. The molecule has 3 rings (SSSR count). The standard InChI is InChI=1S/C14H12BrNO3/c15-14-9(2-1-3-11(14)16)7-17-10-4-5-12-13(6-10)19-8-18-12/h1-6H,7-8,16H2. The number of nitrogens with two attached hydrogens (primary N) is 1. The van der Waals surface area contributed by atoms with Crippen LogP contribution in [0.3, 0.4) is 0 Å². The molecule has 0 bridgehead atoms. The second-order valence-corrected chi connectivity index (χ2v) is 4.92. The Morgan fingerprint density at radius 3 is 2.89 bits per heavy atom. The number of anilines is 1. The Labute approximate surface area is 119 Å². The third kappa shape index (κ3) is 2.46. The van der Waals surface area contributed by atoms with Crippen LogP contribution in [0.5, 0.6) is 17.2 Å². The first-order valence-corrected chi connectivity index (χ1v) is 6.58. The fourth-order valence-electron chi connectivity index (χ4n) is 1.84. The van der Waals surface area contributed by atoms with Crippen LogP contribution in [-0.4, -0.2) is 6.79 Å². The van der Waals surface area contributed by atoms with Crippen molar-refractivity contribution < 1.29 is 14.2 Å². The summed E-state index contributed by atoms with van der Waals surface area (Å²) in [6, 6.07) is 11.2. The lowest BCUT2D eigenvalue weighted by atomic mass is 10.2. The lowest BCUT2D eigenvalue weighted by Crippen LogP contribution is -1.98. The van der Waals surface area contributed by atoms with Crippen LogP contribution in [0.15, 0.2) is 40.9 Å². The van der Waals surface area contributed by atoms with E-state index in [1.165, 1.54) is 0 Å². The topological polar surface area (TPSA) is 53.7 Å². The van der Waals surface area contributed by atoms with Gasteiger partial charge in [-0.25, -0.2) is 0 Å². The zero-order valence-electron chi connectivity index (χ0n) is 10.1. The molecule has 5 heteroatoms. The number of rotatable bonds is 3. The number of hydrogen-bond acceptors (Lipinski definition) is 4. The van der Waals surface area contributed by atoms with Crippen LogP contribution in [0.25, 0.3) is 0 Å². The minimum atomic E-state index is 0.263. The first-order chi connectivity index (χ1) is 9.24. The zero-order chi connectivity index (χ0) is 13.2. The van der Waals surface area contributed by atoms with Gasteiger partial charge >= 0.3 is 0 Å². The lowest BCUT2D eigenvalue weighted by molar-refractivity contribution is 0.173. The van der Waals surface area contributed by atoms with Crippen LogP contribution in [0.1, 0.15) is 5.56 Å². The first kappa shape index (κ1) is 12.2. The van der Waals surface area contributed by atoms with E-state index in [1.54, 1.807) is 0 Å². The number of halogens is 1. The number of hydrogen-bond donors (Lipinski definition) is 1. The Bertz CT molecular complexity index is 616. The smallest absolute Gasteiger partial charge is 0.231 e. The molecule has 4 nitrogen and oxygen atoms in total. The van der Waals surface area contributed by atoms with Gasteiger partial charge in [-0.3, -0.25) is 0 Å². The van der Waals surface area contributed by atoms with Crippen LogP contribution >= 0.6 is 15.9 Å². The largest absolute Gasteiger partial charge is 0.489 e. The molecule has 0 atom stereocenters. The van der Waals surface area contributed by atoms with Gasteiger partial charge in [0.25, 0.3) is 0 Å². The van der Waals surface area contributed by atoms with Crippen LogP contribution in [0.2, 0.25) is 0 Å². The highest BCUT2D eigenvalue weighted by Gasteiger charge is 2.14. The molecule has 0 saturated carbocycles. The summed E-state index contributed by atoms with van der Waals surface area (Å²) in [7, 11) is 0. The zero-order valence-corrected chi connectivity index (χ0v) is 11.6. The molecule has 0 radical (unpaired) electrons. The molecule has 1 aliphatic rings. The molecular formula is C14H12BrNO3. The maximum absolute atomic E-state index is 5.82. The minimum Gasteiger partial charge on any atom is -0.489 e. The third-order valence-electron chi connectivity index (χ3n) is 2.85. The second-order valence-electron chi connectivity index (χ2n) is 4.12. The molecule has 0 unspecified atom stereocenters. The summed E-state index contributed by atoms with van der Waals surface area (Å²) in [6.45, 7) is 0.699. The van der Waals surface area contributed by atoms with Gasteiger partial charge in [0, 0.05) is 21.8 Å². The van der Waals surface area contributed by atoms with Gasteiger partial charge in [0.2, 0.25) is 6.79 Å². The predicted molar refractivity (Wildman–Crippen MR) is 75.5 cm³/mol. The summed E-state index contributed by atoms with van der Waals surface area (Å²) in [4.78, 5) is 0. The van der Waals surface area contributed by atoms with Gasteiger partial charge in [-0.2, -0.15) is 0 Å². The molecular weight excluding hydrogens is 310 g/mol. The van der Waals surface area contributed by atoms with Crippen molar-refractivity contribution in [2.75, 3.05) is 12.5 Å². The fraction of sp³-hybridized carbons (Fsp3) is 0.143. The van der Waals surface area contributed by atoms with Gasteiger partial charge in [-0.05, 0) is 34.1 Å². The van der Waals surface area contributed by atoms with Gasteiger partial charge in [0.1, 0.15) is 12.4 Å². The quantitative estimate of drug-likeness (QED) is 0.881. The number of nitrogen functional groups attached to an aromatic ring is 1. The van der Waals surface area contributed by atoms with Gasteiger partial charge in [-0.1, -0.05) is 12.1 Å². The van der Waals surface area contributed by atoms with Crippen LogP contribution in [0, 0.1) is 0 Å². The van der Waals surface area contributed by atoms with Crippen LogP contribution in [-0.2, 0) is 6.61 Å². The van der Waals surface area contributed by atoms with E-state index in [0.717, 1.165) is 21.5 Å². The van der Waals surface area contributed by atoms with E-state index < -0.39 is 0 Å². The van der Waals surface area contributed by atoms with Gasteiger partial charge in [0.15, 0.2) is 11.5 Å². The van der Waals surface area contributed by atoms with E-state index in [4.69, 9.17) is 19.9 Å². The van der Waals surface area contributed by atoms with E-state index in [2.05, 4.69) is 15.9 Å². The number of fused-ring (bicyclic) bond motifs is 1. The summed E-state index contributed by atoms with van der Waals surface area (Å²) in [5.41, 5.74) is 7.52. The maximum Gasteiger partial charge on any atom is 0.231 e. The normalized spacial score (nSPS) is 12.5. The molecule has 19 heavy (non-hydrogen) atoms. The SMILES string of the molecule is Nc1cccc(COc2ccc3c(c2)OCO3)c1Br. The van der Waals surface area contributed by atoms with E-state index in [9.17, 15) is 0 Å². The number of benzene rings is 2. The molecule has 0 amide bonds. The fourth-order valence-corrected chi connectivity index (χ4v) is 2.22. The van der Waals surface area contributed by atoms with Crippen molar-refractivity contribution in [3.63, 3.8) is 0 Å². The summed E-state index contributed by atoms with van der Waals surface area (Å²) >= 11 is 3.45. The Balaban J connectivity index is 1.74. The van der Waals surface area contributed by atoms with Crippen LogP contribution < -0.4 is 19.9 Å². The Kier molecular flexibility index (Phi) is 3.21. The van der Waals surface area contributed by atoms with Crippen molar-refractivity contribution in [3.8, 4) is 17.2 Å². The summed E-state index contributed by atoms with van der Waals surface area (Å²) in [5, 5.41) is 0. The van der Waals surface area contributed by atoms with E-state index in [1.807, 2.05) is 36.4 Å². The first-order valence-electron chi connectivity index (χ1n) is 5.79. The highest BCUT2D eigenvalue weighted by Crippen LogP contribution is 2.35. The molecule has 0 saturated heterocycles.